The molecule has 0 spiro atoms. The average Bonchev–Trinajstić information content (AvgIpc) is 2.75. The van der Waals surface area contributed by atoms with Gasteiger partial charge in [0, 0.05) is 13.1 Å². The monoisotopic (exact) mass is 478 g/mol. The summed E-state index contributed by atoms with van der Waals surface area (Å²) < 4.78 is 28.0. The van der Waals surface area contributed by atoms with Crippen LogP contribution in [-0.2, 0) is 34.3 Å². The van der Waals surface area contributed by atoms with Crippen molar-refractivity contribution in [3.8, 4) is 0 Å². The molecule has 1 aliphatic rings. The highest BCUT2D eigenvalue weighted by atomic mass is 32.2. The number of nitrogens with one attached hydrogen (secondary N) is 1. The molecule has 0 saturated carbocycles. The molecule has 34 heavy (non-hydrogen) atoms. The van der Waals surface area contributed by atoms with Gasteiger partial charge in [-0.15, -0.1) is 0 Å². The van der Waals surface area contributed by atoms with Gasteiger partial charge < -0.3 is 5.73 Å². The lowest BCUT2D eigenvalue weighted by atomic mass is 9.89. The predicted octanol–water partition coefficient (Wildman–Crippen LogP) is 3.33. The van der Waals surface area contributed by atoms with Gasteiger partial charge in [-0.2, -0.15) is 8.42 Å². The Labute approximate surface area is 201 Å². The molecule has 1 atom stereocenters. The lowest BCUT2D eigenvalue weighted by Crippen LogP contribution is -2.51. The largest absolute Gasteiger partial charge is 0.384 e. The van der Waals surface area contributed by atoms with E-state index in [1.165, 1.54) is 23.8 Å². The maximum Gasteiger partial charge on any atom is 0.281 e. The molecular formula is C26H30N4O3S. The normalized spacial score (nSPS) is 16.2. The molecule has 1 unspecified atom stereocenters. The van der Waals surface area contributed by atoms with E-state index in [2.05, 4.69) is 53.6 Å². The van der Waals surface area contributed by atoms with Gasteiger partial charge in [0.2, 0.25) is 0 Å². The third-order valence-corrected chi connectivity index (χ3v) is 7.73. The Balaban J connectivity index is 1.68. The van der Waals surface area contributed by atoms with E-state index < -0.39 is 22.0 Å². The topological polar surface area (TPSA) is 105 Å². The molecule has 7 nitrogen and oxygen atoms in total. The Kier molecular flexibility index (Phi) is 6.47. The van der Waals surface area contributed by atoms with E-state index in [4.69, 9.17) is 5.73 Å². The summed E-state index contributed by atoms with van der Waals surface area (Å²) in [6.45, 7) is 9.32. The van der Waals surface area contributed by atoms with Crippen molar-refractivity contribution < 1.29 is 13.2 Å². The first kappa shape index (κ1) is 23.9. The van der Waals surface area contributed by atoms with Crippen molar-refractivity contribution in [3.05, 3.63) is 87.5 Å². The number of nitrogen functional groups attached to an aromatic ring is 1. The van der Waals surface area contributed by atoms with E-state index in [1.807, 2.05) is 19.1 Å². The molecule has 3 aromatic rings. The third-order valence-electron chi connectivity index (χ3n) is 6.48. The van der Waals surface area contributed by atoms with Gasteiger partial charge in [-0.3, -0.25) is 9.69 Å². The number of aryl methyl sites for hydroxylation is 4. The maximum atomic E-state index is 13.4. The van der Waals surface area contributed by atoms with E-state index in [1.54, 1.807) is 0 Å². The number of benzene rings is 2. The first-order chi connectivity index (χ1) is 16.0. The summed E-state index contributed by atoms with van der Waals surface area (Å²) >= 11 is 0. The minimum absolute atomic E-state index is 0.0736. The number of carbonyl (C=O) groups is 1. The summed E-state index contributed by atoms with van der Waals surface area (Å²) in [5, 5.41) is -0.273. The number of fused-ring (bicyclic) bond motifs is 1. The quantitative estimate of drug-likeness (QED) is 0.583. The number of pyridine rings is 1. The number of hydrogen-bond donors (Lipinski definition) is 2. The fraction of sp³-hybridized carbons (Fsp3) is 0.308. The van der Waals surface area contributed by atoms with E-state index in [-0.39, 0.29) is 10.8 Å². The summed E-state index contributed by atoms with van der Waals surface area (Å²) in [5.41, 5.74) is 13.6. The summed E-state index contributed by atoms with van der Waals surface area (Å²) in [7, 11) is -4.15. The third kappa shape index (κ3) is 4.83. The van der Waals surface area contributed by atoms with Crippen LogP contribution in [0.2, 0.25) is 0 Å². The van der Waals surface area contributed by atoms with Crippen molar-refractivity contribution in [2.75, 3.05) is 5.73 Å². The van der Waals surface area contributed by atoms with Crippen LogP contribution in [0.3, 0.4) is 0 Å². The summed E-state index contributed by atoms with van der Waals surface area (Å²) in [5.74, 6) is -0.495. The van der Waals surface area contributed by atoms with Gasteiger partial charge in [0.05, 0.1) is 6.04 Å². The maximum absolute atomic E-state index is 13.4. The number of amides is 1. The molecule has 1 aliphatic heterocycles. The van der Waals surface area contributed by atoms with Gasteiger partial charge in [0.15, 0.2) is 5.03 Å². The highest BCUT2D eigenvalue weighted by Crippen LogP contribution is 2.29. The minimum Gasteiger partial charge on any atom is -0.384 e. The Morgan fingerprint density at radius 1 is 1.06 bits per heavy atom. The van der Waals surface area contributed by atoms with Crippen LogP contribution in [0.5, 0.6) is 0 Å². The van der Waals surface area contributed by atoms with Gasteiger partial charge in [-0.1, -0.05) is 42.0 Å². The molecule has 178 valence electrons. The number of sulfonamides is 1. The standard InChI is InChI=1S/C26H30N4O3S/c1-16-11-18(3)22(19(4)12-16)15-30-14-20-8-5-7-17(2)21(20)13-23(30)26(31)29-34(32,33)25-10-6-9-24(27)28-25/h5-12,23H,13-15H2,1-4H3,(H2,27,28)(H,29,31). The van der Waals surface area contributed by atoms with Crippen LogP contribution < -0.4 is 10.5 Å². The first-order valence-corrected chi connectivity index (χ1v) is 12.7. The molecule has 0 aliphatic carbocycles. The van der Waals surface area contributed by atoms with Crippen molar-refractivity contribution in [1.82, 2.24) is 14.6 Å². The number of aromatic nitrogens is 1. The molecule has 1 aromatic heterocycles. The van der Waals surface area contributed by atoms with Gasteiger partial charge in [-0.05, 0) is 79.6 Å². The highest BCUT2D eigenvalue weighted by molar-refractivity contribution is 7.90. The zero-order valence-electron chi connectivity index (χ0n) is 19.9. The summed E-state index contributed by atoms with van der Waals surface area (Å²) in [6, 6.07) is 14.0. The second-order valence-corrected chi connectivity index (χ2v) is 10.7. The molecule has 0 bridgehead atoms. The van der Waals surface area contributed by atoms with Crippen molar-refractivity contribution in [3.63, 3.8) is 0 Å². The molecule has 8 heteroatoms. The SMILES string of the molecule is Cc1cc(C)c(CN2Cc3cccc(C)c3CC2C(=O)NS(=O)(=O)c2cccc(N)n2)c(C)c1. The zero-order valence-corrected chi connectivity index (χ0v) is 20.7. The molecule has 3 N–H and O–H groups in total. The molecule has 1 amide bonds. The molecular weight excluding hydrogens is 448 g/mol. The van der Waals surface area contributed by atoms with Crippen molar-refractivity contribution in [2.45, 2.75) is 58.3 Å². The predicted molar refractivity (Wildman–Crippen MR) is 133 cm³/mol. The van der Waals surface area contributed by atoms with Gasteiger partial charge in [0.25, 0.3) is 15.9 Å². The highest BCUT2D eigenvalue weighted by Gasteiger charge is 2.35. The van der Waals surface area contributed by atoms with E-state index >= 15 is 0 Å². The van der Waals surface area contributed by atoms with E-state index in [9.17, 15) is 13.2 Å². The van der Waals surface area contributed by atoms with Crippen molar-refractivity contribution >= 4 is 21.7 Å². The Morgan fingerprint density at radius 3 is 2.41 bits per heavy atom. The van der Waals surface area contributed by atoms with Crippen LogP contribution in [0.1, 0.15) is 38.9 Å². The number of nitrogens with zero attached hydrogens (tertiary/aromatic N) is 2. The molecule has 4 rings (SSSR count). The number of carbonyl (C=O) groups excluding carboxylic acids is 1. The van der Waals surface area contributed by atoms with Crippen LogP contribution in [-0.4, -0.2) is 30.3 Å². The van der Waals surface area contributed by atoms with Crippen LogP contribution in [0, 0.1) is 27.7 Å². The molecule has 0 saturated heterocycles. The van der Waals surface area contributed by atoms with Crippen LogP contribution in [0.15, 0.2) is 53.6 Å². The molecule has 0 fully saturated rings. The Morgan fingerprint density at radius 2 is 1.74 bits per heavy atom. The second-order valence-electron chi connectivity index (χ2n) is 9.09. The van der Waals surface area contributed by atoms with Crippen LogP contribution in [0.25, 0.3) is 0 Å². The van der Waals surface area contributed by atoms with E-state index in [0.29, 0.717) is 19.5 Å². The lowest BCUT2D eigenvalue weighted by molar-refractivity contribution is -0.125. The number of rotatable bonds is 5. The second kappa shape index (κ2) is 9.19. The fourth-order valence-electron chi connectivity index (χ4n) is 4.77. The number of nitrogens with two attached hydrogens (primary N) is 1. The zero-order chi connectivity index (χ0) is 24.6. The number of hydrogen-bond acceptors (Lipinski definition) is 6. The molecule has 2 aromatic carbocycles. The fourth-order valence-corrected chi connectivity index (χ4v) is 5.76. The molecule has 0 radical (unpaired) electrons. The summed E-state index contributed by atoms with van der Waals surface area (Å²) in [6.07, 6.45) is 0.428. The first-order valence-electron chi connectivity index (χ1n) is 11.2. The minimum atomic E-state index is -4.15. The van der Waals surface area contributed by atoms with Crippen LogP contribution >= 0.6 is 0 Å². The van der Waals surface area contributed by atoms with Crippen molar-refractivity contribution in [2.24, 2.45) is 0 Å². The summed E-state index contributed by atoms with van der Waals surface area (Å²) in [4.78, 5) is 19.4. The Hall–Kier alpha value is -3.23. The smallest absolute Gasteiger partial charge is 0.281 e. The van der Waals surface area contributed by atoms with Gasteiger partial charge >= 0.3 is 0 Å². The average molecular weight is 479 g/mol. The molecule has 2 heterocycles. The number of anilines is 1. The van der Waals surface area contributed by atoms with E-state index in [0.717, 1.165) is 33.4 Å². The van der Waals surface area contributed by atoms with Gasteiger partial charge in [0.1, 0.15) is 5.82 Å². The Bertz CT molecular complexity index is 1350. The van der Waals surface area contributed by atoms with Crippen molar-refractivity contribution in [1.29, 1.82) is 0 Å². The lowest BCUT2D eigenvalue weighted by Gasteiger charge is -2.37. The van der Waals surface area contributed by atoms with Crippen LogP contribution in [0.4, 0.5) is 5.82 Å². The van der Waals surface area contributed by atoms with Gasteiger partial charge in [-0.25, -0.2) is 9.71 Å².